The number of hydrogen-bond donors (Lipinski definition) is 2. The van der Waals surface area contributed by atoms with Crippen LogP contribution in [0.1, 0.15) is 12.0 Å². The molecule has 2 N–H and O–H groups in total. The summed E-state index contributed by atoms with van der Waals surface area (Å²) in [5.74, 6) is -1.35. The minimum absolute atomic E-state index is 0.0937. The van der Waals surface area contributed by atoms with Gasteiger partial charge in [-0.25, -0.2) is 13.1 Å². The second-order valence-corrected chi connectivity index (χ2v) is 6.22. The Balaban J connectivity index is 2.56. The van der Waals surface area contributed by atoms with Crippen molar-refractivity contribution in [3.8, 4) is 0 Å². The molecule has 1 rings (SSSR count). The van der Waals surface area contributed by atoms with Gasteiger partial charge < -0.3 is 9.84 Å². The number of benzene rings is 1. The number of ether oxygens (including phenoxy) is 1. The molecule has 20 heavy (non-hydrogen) atoms. The van der Waals surface area contributed by atoms with Crippen molar-refractivity contribution in [1.82, 2.24) is 4.72 Å². The maximum atomic E-state index is 11.9. The summed E-state index contributed by atoms with van der Waals surface area (Å²) in [6.07, 6.45) is 0.434. The number of aryl methyl sites for hydroxylation is 1. The largest absolute Gasteiger partial charge is 0.480 e. The lowest BCUT2D eigenvalue weighted by molar-refractivity contribution is -0.139. The Morgan fingerprint density at radius 1 is 1.35 bits per heavy atom. The van der Waals surface area contributed by atoms with Crippen molar-refractivity contribution in [1.29, 1.82) is 0 Å². The van der Waals surface area contributed by atoms with Crippen molar-refractivity contribution in [2.24, 2.45) is 0 Å². The summed E-state index contributed by atoms with van der Waals surface area (Å²) in [6, 6.07) is 8.00. The highest BCUT2D eigenvalue weighted by Gasteiger charge is 2.23. The second kappa shape index (κ2) is 7.98. The van der Waals surface area contributed by atoms with E-state index in [0.29, 0.717) is 6.42 Å². The molecule has 0 aliphatic heterocycles. The Morgan fingerprint density at radius 3 is 2.55 bits per heavy atom. The third-order valence-electron chi connectivity index (χ3n) is 2.73. The first-order valence-corrected chi connectivity index (χ1v) is 7.85. The van der Waals surface area contributed by atoms with Gasteiger partial charge in [0.25, 0.3) is 0 Å². The number of rotatable bonds is 9. The Hall–Kier alpha value is -1.44. The standard InChI is InChI=1S/C13H19NO5S/c1-19-9-7-12(13(15)16)14-20(17,18)10-8-11-5-3-2-4-6-11/h2-6,12,14H,7-10H2,1H3,(H,15,16). The van der Waals surface area contributed by atoms with Crippen LogP contribution in [0.4, 0.5) is 0 Å². The molecule has 0 spiro atoms. The van der Waals surface area contributed by atoms with Crippen LogP contribution in [0.2, 0.25) is 0 Å². The highest BCUT2D eigenvalue weighted by molar-refractivity contribution is 7.89. The molecule has 1 atom stereocenters. The third kappa shape index (κ3) is 6.14. The molecular weight excluding hydrogens is 282 g/mol. The smallest absolute Gasteiger partial charge is 0.321 e. The van der Waals surface area contributed by atoms with Gasteiger partial charge in [-0.15, -0.1) is 0 Å². The number of sulfonamides is 1. The molecule has 0 saturated carbocycles. The molecule has 1 aromatic rings. The van der Waals surface area contributed by atoms with Crippen LogP contribution >= 0.6 is 0 Å². The summed E-state index contributed by atoms with van der Waals surface area (Å²) in [5.41, 5.74) is 0.890. The first-order chi connectivity index (χ1) is 9.44. The Kier molecular flexibility index (Phi) is 6.63. The molecule has 0 bridgehead atoms. The topological polar surface area (TPSA) is 92.7 Å². The first kappa shape index (κ1) is 16.6. The summed E-state index contributed by atoms with van der Waals surface area (Å²) in [7, 11) is -2.21. The quantitative estimate of drug-likeness (QED) is 0.698. The van der Waals surface area contributed by atoms with Gasteiger partial charge in [-0.2, -0.15) is 0 Å². The summed E-state index contributed by atoms with van der Waals surface area (Å²) < 4.78 is 30.7. The molecule has 112 valence electrons. The van der Waals surface area contributed by atoms with Gasteiger partial charge in [-0.1, -0.05) is 30.3 Å². The van der Waals surface area contributed by atoms with E-state index in [1.54, 1.807) is 0 Å². The van der Waals surface area contributed by atoms with Crippen molar-refractivity contribution in [2.75, 3.05) is 19.5 Å². The normalized spacial score (nSPS) is 13.1. The van der Waals surface area contributed by atoms with Crippen LogP contribution in [-0.4, -0.2) is 45.0 Å². The summed E-state index contributed by atoms with van der Waals surface area (Å²) in [5, 5.41) is 8.97. The second-order valence-electron chi connectivity index (χ2n) is 4.34. The van der Waals surface area contributed by atoms with Gasteiger partial charge in [0.2, 0.25) is 10.0 Å². The van der Waals surface area contributed by atoms with E-state index in [-0.39, 0.29) is 18.8 Å². The molecular formula is C13H19NO5S. The van der Waals surface area contributed by atoms with E-state index < -0.39 is 22.0 Å². The zero-order chi connectivity index (χ0) is 15.0. The molecule has 0 radical (unpaired) electrons. The summed E-state index contributed by atoms with van der Waals surface area (Å²) >= 11 is 0. The van der Waals surface area contributed by atoms with Gasteiger partial charge in [0.1, 0.15) is 6.04 Å². The van der Waals surface area contributed by atoms with E-state index in [1.165, 1.54) is 7.11 Å². The fourth-order valence-corrected chi connectivity index (χ4v) is 2.92. The van der Waals surface area contributed by atoms with Crippen LogP contribution in [0.15, 0.2) is 30.3 Å². The zero-order valence-corrected chi connectivity index (χ0v) is 12.1. The van der Waals surface area contributed by atoms with E-state index in [0.717, 1.165) is 5.56 Å². The lowest BCUT2D eigenvalue weighted by atomic mass is 10.2. The number of nitrogens with one attached hydrogen (secondary N) is 1. The zero-order valence-electron chi connectivity index (χ0n) is 11.3. The fraction of sp³-hybridized carbons (Fsp3) is 0.462. The Labute approximate surface area is 118 Å². The van der Waals surface area contributed by atoms with E-state index in [2.05, 4.69) is 4.72 Å². The summed E-state index contributed by atoms with van der Waals surface area (Å²) in [6.45, 7) is 0.179. The lowest BCUT2D eigenvalue weighted by Gasteiger charge is -2.14. The summed E-state index contributed by atoms with van der Waals surface area (Å²) in [4.78, 5) is 11.0. The van der Waals surface area contributed by atoms with Gasteiger partial charge in [-0.05, 0) is 18.4 Å². The molecule has 7 heteroatoms. The molecule has 0 aliphatic carbocycles. The minimum Gasteiger partial charge on any atom is -0.480 e. The van der Waals surface area contributed by atoms with Crippen molar-refractivity contribution in [2.45, 2.75) is 18.9 Å². The van der Waals surface area contributed by atoms with Gasteiger partial charge in [0, 0.05) is 13.7 Å². The predicted octanol–water partition coefficient (Wildman–Crippen LogP) is 0.638. The van der Waals surface area contributed by atoms with E-state index >= 15 is 0 Å². The monoisotopic (exact) mass is 301 g/mol. The molecule has 0 amide bonds. The van der Waals surface area contributed by atoms with E-state index in [1.807, 2.05) is 30.3 Å². The van der Waals surface area contributed by atoms with Crippen LogP contribution in [0, 0.1) is 0 Å². The number of aliphatic carboxylic acids is 1. The number of carboxylic acids is 1. The highest BCUT2D eigenvalue weighted by Crippen LogP contribution is 2.03. The van der Waals surface area contributed by atoms with Crippen molar-refractivity contribution >= 4 is 16.0 Å². The van der Waals surface area contributed by atoms with Crippen LogP contribution < -0.4 is 4.72 Å². The lowest BCUT2D eigenvalue weighted by Crippen LogP contribution is -2.42. The average molecular weight is 301 g/mol. The number of carbonyl (C=O) groups is 1. The molecule has 0 aromatic heterocycles. The molecule has 1 aromatic carbocycles. The van der Waals surface area contributed by atoms with Crippen LogP contribution in [0.25, 0.3) is 0 Å². The maximum absolute atomic E-state index is 11.9. The Morgan fingerprint density at radius 2 is 2.00 bits per heavy atom. The van der Waals surface area contributed by atoms with Crippen LogP contribution in [0.3, 0.4) is 0 Å². The average Bonchev–Trinajstić information content (AvgIpc) is 2.42. The maximum Gasteiger partial charge on any atom is 0.321 e. The van der Waals surface area contributed by atoms with Gasteiger partial charge in [0.15, 0.2) is 0 Å². The van der Waals surface area contributed by atoms with Gasteiger partial charge >= 0.3 is 5.97 Å². The molecule has 1 unspecified atom stereocenters. The number of hydrogen-bond acceptors (Lipinski definition) is 4. The van der Waals surface area contributed by atoms with Crippen molar-refractivity contribution in [3.05, 3.63) is 35.9 Å². The molecule has 6 nitrogen and oxygen atoms in total. The third-order valence-corrected chi connectivity index (χ3v) is 4.12. The SMILES string of the molecule is COCCC(NS(=O)(=O)CCc1ccccc1)C(=O)O. The molecule has 0 heterocycles. The molecule has 0 fully saturated rings. The molecule has 0 saturated heterocycles. The number of carboxylic acid groups (broad SMARTS) is 1. The first-order valence-electron chi connectivity index (χ1n) is 6.20. The van der Waals surface area contributed by atoms with Crippen molar-refractivity contribution < 1.29 is 23.1 Å². The van der Waals surface area contributed by atoms with E-state index in [9.17, 15) is 13.2 Å². The van der Waals surface area contributed by atoms with Gasteiger partial charge in [-0.3, -0.25) is 4.79 Å². The highest BCUT2D eigenvalue weighted by atomic mass is 32.2. The number of methoxy groups -OCH3 is 1. The predicted molar refractivity (Wildman–Crippen MR) is 75.0 cm³/mol. The fourth-order valence-electron chi connectivity index (χ4n) is 1.64. The van der Waals surface area contributed by atoms with E-state index in [4.69, 9.17) is 9.84 Å². The molecule has 0 aliphatic rings. The van der Waals surface area contributed by atoms with Crippen LogP contribution in [-0.2, 0) is 26.0 Å². The van der Waals surface area contributed by atoms with Gasteiger partial charge in [0.05, 0.1) is 5.75 Å². The van der Waals surface area contributed by atoms with Crippen LogP contribution in [0.5, 0.6) is 0 Å². The minimum atomic E-state index is -3.64. The van der Waals surface area contributed by atoms with Crippen molar-refractivity contribution in [3.63, 3.8) is 0 Å². The Bertz CT molecular complexity index is 515.